The minimum absolute atomic E-state index is 0.276. The van der Waals surface area contributed by atoms with Gasteiger partial charge in [-0.2, -0.15) is 0 Å². The second-order valence-corrected chi connectivity index (χ2v) is 8.82. The Morgan fingerprint density at radius 1 is 1.22 bits per heavy atom. The molecule has 2 fully saturated rings. The SMILES string of the molecule is O=C(NCCCc1ccncc1)C1CC12CCN(CC1CC=CCC1)CC2. The zero-order chi connectivity index (χ0) is 18.5. The number of hydrogen-bond donors (Lipinski definition) is 1. The predicted molar refractivity (Wildman–Crippen MR) is 108 cm³/mol. The van der Waals surface area contributed by atoms with Crippen molar-refractivity contribution < 1.29 is 4.79 Å². The third-order valence-electron chi connectivity index (χ3n) is 6.94. The van der Waals surface area contributed by atoms with Crippen LogP contribution in [0.1, 0.15) is 50.5 Å². The second-order valence-electron chi connectivity index (χ2n) is 8.82. The topological polar surface area (TPSA) is 45.2 Å². The van der Waals surface area contributed by atoms with Crippen molar-refractivity contribution in [3.05, 3.63) is 42.2 Å². The molecule has 1 aromatic rings. The Labute approximate surface area is 163 Å². The maximum absolute atomic E-state index is 12.5. The number of nitrogens with zero attached hydrogens (tertiary/aromatic N) is 2. The summed E-state index contributed by atoms with van der Waals surface area (Å²) < 4.78 is 0. The molecule has 2 unspecified atom stereocenters. The zero-order valence-corrected chi connectivity index (χ0v) is 16.4. The Morgan fingerprint density at radius 3 is 2.78 bits per heavy atom. The van der Waals surface area contributed by atoms with Crippen LogP contribution in [0.2, 0.25) is 0 Å². The number of carbonyl (C=O) groups excluding carboxylic acids is 1. The molecule has 1 aromatic heterocycles. The van der Waals surface area contributed by atoms with Crippen molar-refractivity contribution in [1.82, 2.24) is 15.2 Å². The summed E-state index contributed by atoms with van der Waals surface area (Å²) in [6.45, 7) is 4.42. The molecule has 4 heteroatoms. The van der Waals surface area contributed by atoms with Gasteiger partial charge in [0.15, 0.2) is 0 Å². The van der Waals surface area contributed by atoms with Gasteiger partial charge in [-0.05, 0) is 93.5 Å². The first-order valence-corrected chi connectivity index (χ1v) is 10.8. The molecule has 0 radical (unpaired) electrons. The van der Waals surface area contributed by atoms with Crippen LogP contribution in [0.4, 0.5) is 0 Å². The van der Waals surface area contributed by atoms with E-state index >= 15 is 0 Å². The molecular weight excluding hydrogens is 334 g/mol. The molecule has 1 N–H and O–H groups in total. The molecule has 1 saturated heterocycles. The van der Waals surface area contributed by atoms with E-state index in [9.17, 15) is 4.79 Å². The molecule has 3 aliphatic rings. The summed E-state index contributed by atoms with van der Waals surface area (Å²) in [5.41, 5.74) is 1.63. The number of aryl methyl sites for hydroxylation is 1. The van der Waals surface area contributed by atoms with Gasteiger partial charge in [-0.25, -0.2) is 0 Å². The van der Waals surface area contributed by atoms with Crippen LogP contribution >= 0.6 is 0 Å². The van der Waals surface area contributed by atoms with Crippen molar-refractivity contribution in [1.29, 1.82) is 0 Å². The Kier molecular flexibility index (Phi) is 5.92. The van der Waals surface area contributed by atoms with E-state index in [1.807, 2.05) is 12.4 Å². The van der Waals surface area contributed by atoms with Gasteiger partial charge in [0, 0.05) is 31.4 Å². The lowest BCUT2D eigenvalue weighted by atomic mass is 9.88. The summed E-state index contributed by atoms with van der Waals surface area (Å²) in [6, 6.07) is 4.10. The summed E-state index contributed by atoms with van der Waals surface area (Å²) in [5.74, 6) is 1.43. The van der Waals surface area contributed by atoms with E-state index in [0.717, 1.165) is 31.7 Å². The van der Waals surface area contributed by atoms with Crippen molar-refractivity contribution in [2.45, 2.75) is 51.4 Å². The zero-order valence-electron chi connectivity index (χ0n) is 16.4. The summed E-state index contributed by atoms with van der Waals surface area (Å²) in [7, 11) is 0. The highest BCUT2D eigenvalue weighted by Crippen LogP contribution is 2.59. The first-order valence-electron chi connectivity index (χ1n) is 10.8. The average Bonchev–Trinajstić information content (AvgIpc) is 3.42. The average molecular weight is 368 g/mol. The molecule has 146 valence electrons. The van der Waals surface area contributed by atoms with Gasteiger partial charge >= 0.3 is 0 Å². The number of likely N-dealkylation sites (tertiary alicyclic amines) is 1. The first-order chi connectivity index (χ1) is 13.3. The summed E-state index contributed by atoms with van der Waals surface area (Å²) in [5, 5.41) is 3.19. The molecule has 27 heavy (non-hydrogen) atoms. The molecule has 1 saturated carbocycles. The fourth-order valence-electron chi connectivity index (χ4n) is 5.02. The van der Waals surface area contributed by atoms with Crippen LogP contribution in [-0.2, 0) is 11.2 Å². The molecule has 2 atom stereocenters. The van der Waals surface area contributed by atoms with E-state index in [4.69, 9.17) is 0 Å². The number of pyridine rings is 1. The Balaban J connectivity index is 1.14. The van der Waals surface area contributed by atoms with E-state index in [0.29, 0.717) is 11.3 Å². The largest absolute Gasteiger partial charge is 0.356 e. The molecule has 1 spiro atoms. The van der Waals surface area contributed by atoms with Crippen LogP contribution in [-0.4, -0.2) is 42.0 Å². The third-order valence-corrected chi connectivity index (χ3v) is 6.94. The third kappa shape index (κ3) is 4.78. The molecule has 1 amide bonds. The van der Waals surface area contributed by atoms with Crippen LogP contribution in [0.5, 0.6) is 0 Å². The molecule has 2 aliphatic carbocycles. The van der Waals surface area contributed by atoms with Crippen LogP contribution in [0, 0.1) is 17.3 Å². The predicted octanol–water partition coefficient (Wildman–Crippen LogP) is 3.59. The van der Waals surface area contributed by atoms with E-state index < -0.39 is 0 Å². The molecular formula is C23H33N3O. The highest BCUT2D eigenvalue weighted by Gasteiger charge is 2.58. The second kappa shape index (κ2) is 8.55. The number of piperidine rings is 1. The number of carbonyl (C=O) groups is 1. The summed E-state index contributed by atoms with van der Waals surface area (Å²) >= 11 is 0. The van der Waals surface area contributed by atoms with Crippen molar-refractivity contribution in [3.8, 4) is 0 Å². The fourth-order valence-corrected chi connectivity index (χ4v) is 5.02. The number of hydrogen-bond acceptors (Lipinski definition) is 3. The lowest BCUT2D eigenvalue weighted by Crippen LogP contribution is -2.39. The number of rotatable bonds is 7. The Bertz CT molecular complexity index is 649. The van der Waals surface area contributed by atoms with Crippen molar-refractivity contribution >= 4 is 5.91 Å². The lowest BCUT2D eigenvalue weighted by Gasteiger charge is -2.35. The highest BCUT2D eigenvalue weighted by molar-refractivity contribution is 5.82. The quantitative estimate of drug-likeness (QED) is 0.592. The van der Waals surface area contributed by atoms with Crippen LogP contribution in [0.15, 0.2) is 36.7 Å². The van der Waals surface area contributed by atoms with E-state index in [-0.39, 0.29) is 5.92 Å². The van der Waals surface area contributed by atoms with Crippen LogP contribution in [0.3, 0.4) is 0 Å². The number of amides is 1. The standard InChI is InChI=1S/C23H33N3O/c27-22(25-12-4-7-19-8-13-24-14-9-19)21-17-23(21)10-15-26(16-11-23)18-20-5-2-1-3-6-20/h1-2,8-9,13-14,20-21H,3-7,10-12,15-18H2,(H,25,27). The monoisotopic (exact) mass is 367 g/mol. The van der Waals surface area contributed by atoms with E-state index in [1.165, 1.54) is 57.3 Å². The van der Waals surface area contributed by atoms with E-state index in [2.05, 4.69) is 39.5 Å². The summed E-state index contributed by atoms with van der Waals surface area (Å²) in [4.78, 5) is 19.2. The molecule has 4 rings (SSSR count). The van der Waals surface area contributed by atoms with E-state index in [1.54, 1.807) is 0 Å². The summed E-state index contributed by atoms with van der Waals surface area (Å²) in [6.07, 6.45) is 17.8. The minimum Gasteiger partial charge on any atom is -0.356 e. The Hall–Kier alpha value is -1.68. The fraction of sp³-hybridized carbons (Fsp3) is 0.652. The van der Waals surface area contributed by atoms with Crippen molar-refractivity contribution in [2.75, 3.05) is 26.2 Å². The normalized spacial score (nSPS) is 26.8. The van der Waals surface area contributed by atoms with Gasteiger partial charge in [0.1, 0.15) is 0 Å². The van der Waals surface area contributed by atoms with Gasteiger partial charge < -0.3 is 10.2 Å². The number of nitrogens with one attached hydrogen (secondary N) is 1. The molecule has 0 bridgehead atoms. The molecule has 2 heterocycles. The van der Waals surface area contributed by atoms with Crippen LogP contribution < -0.4 is 5.32 Å². The number of allylic oxidation sites excluding steroid dienone is 2. The van der Waals surface area contributed by atoms with Crippen molar-refractivity contribution in [2.24, 2.45) is 17.3 Å². The van der Waals surface area contributed by atoms with Gasteiger partial charge in [-0.15, -0.1) is 0 Å². The molecule has 1 aliphatic heterocycles. The lowest BCUT2D eigenvalue weighted by molar-refractivity contribution is -0.123. The maximum Gasteiger partial charge on any atom is 0.223 e. The first kappa shape index (κ1) is 18.7. The van der Waals surface area contributed by atoms with Gasteiger partial charge in [-0.1, -0.05) is 12.2 Å². The molecule has 0 aromatic carbocycles. The smallest absolute Gasteiger partial charge is 0.223 e. The van der Waals surface area contributed by atoms with Gasteiger partial charge in [-0.3, -0.25) is 9.78 Å². The van der Waals surface area contributed by atoms with Gasteiger partial charge in [0.25, 0.3) is 0 Å². The highest BCUT2D eigenvalue weighted by atomic mass is 16.2. The van der Waals surface area contributed by atoms with Gasteiger partial charge in [0.05, 0.1) is 0 Å². The maximum atomic E-state index is 12.5. The number of aromatic nitrogens is 1. The minimum atomic E-state index is 0.276. The Morgan fingerprint density at radius 2 is 2.04 bits per heavy atom. The molecule has 4 nitrogen and oxygen atoms in total. The van der Waals surface area contributed by atoms with Crippen LogP contribution in [0.25, 0.3) is 0 Å². The van der Waals surface area contributed by atoms with Crippen molar-refractivity contribution in [3.63, 3.8) is 0 Å². The van der Waals surface area contributed by atoms with Gasteiger partial charge in [0.2, 0.25) is 5.91 Å².